The van der Waals surface area contributed by atoms with Crippen molar-refractivity contribution in [3.63, 3.8) is 0 Å². The van der Waals surface area contributed by atoms with Crippen LogP contribution in [0.3, 0.4) is 0 Å². The van der Waals surface area contributed by atoms with Gasteiger partial charge in [0.05, 0.1) is 17.0 Å². The average molecular weight is 280 g/mol. The van der Waals surface area contributed by atoms with E-state index in [1.54, 1.807) is 0 Å². The van der Waals surface area contributed by atoms with Crippen molar-refractivity contribution in [3.05, 3.63) is 22.4 Å². The number of amides is 1. The van der Waals surface area contributed by atoms with Gasteiger partial charge >= 0.3 is 6.09 Å². The van der Waals surface area contributed by atoms with Gasteiger partial charge in [-0.25, -0.2) is 9.78 Å². The van der Waals surface area contributed by atoms with E-state index in [4.69, 9.17) is 9.84 Å². The van der Waals surface area contributed by atoms with Gasteiger partial charge in [-0.1, -0.05) is 0 Å². The van der Waals surface area contributed by atoms with Gasteiger partial charge in [0.2, 0.25) is 0 Å². The highest BCUT2D eigenvalue weighted by Gasteiger charge is 2.36. The summed E-state index contributed by atoms with van der Waals surface area (Å²) in [4.78, 5) is 28.5. The van der Waals surface area contributed by atoms with Gasteiger partial charge in [0, 0.05) is 19.6 Å². The Morgan fingerprint density at radius 3 is 3.05 bits per heavy atom. The Bertz CT molecular complexity index is 578. The Morgan fingerprint density at radius 1 is 1.55 bits per heavy atom. The molecule has 1 amide bonds. The molecule has 1 unspecified atom stereocenters. The third-order valence-corrected chi connectivity index (χ3v) is 3.49. The van der Waals surface area contributed by atoms with E-state index in [0.717, 1.165) is 0 Å². The zero-order valence-electron chi connectivity index (χ0n) is 10.4. The molecule has 1 aromatic rings. The van der Waals surface area contributed by atoms with E-state index in [1.807, 2.05) is 4.90 Å². The smallest absolute Gasteiger partial charge is 0.407 e. The number of hydrogen-bond acceptors (Lipinski definition) is 6. The van der Waals surface area contributed by atoms with Crippen LogP contribution in [0, 0.1) is 10.1 Å². The molecule has 0 bridgehead atoms. The third-order valence-electron chi connectivity index (χ3n) is 3.49. The number of carboxylic acid groups (broad SMARTS) is 1. The first kappa shape index (κ1) is 12.5. The summed E-state index contributed by atoms with van der Waals surface area (Å²) in [5.74, 6) is 0.913. The Morgan fingerprint density at radius 2 is 2.35 bits per heavy atom. The number of piperazine rings is 1. The van der Waals surface area contributed by atoms with E-state index in [0.29, 0.717) is 37.8 Å². The number of hydrogen-bond donors (Lipinski definition) is 1. The highest BCUT2D eigenvalue weighted by molar-refractivity contribution is 5.66. The molecule has 0 radical (unpaired) electrons. The molecule has 2 aliphatic heterocycles. The van der Waals surface area contributed by atoms with Crippen molar-refractivity contribution >= 4 is 17.6 Å². The number of aromatic nitrogens is 1. The quantitative estimate of drug-likeness (QED) is 0.591. The summed E-state index contributed by atoms with van der Waals surface area (Å²) in [5.41, 5.74) is -0.119. The Hall–Kier alpha value is -2.58. The van der Waals surface area contributed by atoms with E-state index in [-0.39, 0.29) is 11.7 Å². The SMILES string of the molecule is O=C(O)N1CCN2c3ncc([N+](=O)[O-])cc3OCC2C1. The zero-order valence-corrected chi connectivity index (χ0v) is 10.4. The van der Waals surface area contributed by atoms with Crippen LogP contribution in [0.1, 0.15) is 0 Å². The van der Waals surface area contributed by atoms with Crippen LogP contribution < -0.4 is 9.64 Å². The van der Waals surface area contributed by atoms with E-state index < -0.39 is 11.0 Å². The molecule has 3 rings (SSSR count). The van der Waals surface area contributed by atoms with Crippen LogP contribution >= 0.6 is 0 Å². The molecule has 9 heteroatoms. The van der Waals surface area contributed by atoms with Crippen LogP contribution in [0.25, 0.3) is 0 Å². The molecule has 9 nitrogen and oxygen atoms in total. The van der Waals surface area contributed by atoms with E-state index >= 15 is 0 Å². The highest BCUT2D eigenvalue weighted by Crippen LogP contribution is 2.35. The first-order valence-electron chi connectivity index (χ1n) is 6.08. The number of rotatable bonds is 1. The molecule has 1 saturated heterocycles. The van der Waals surface area contributed by atoms with Gasteiger partial charge in [0.25, 0.3) is 5.69 Å². The number of fused-ring (bicyclic) bond motifs is 3. The Balaban J connectivity index is 1.87. The topological polar surface area (TPSA) is 109 Å². The van der Waals surface area contributed by atoms with Crippen molar-refractivity contribution in [2.75, 3.05) is 31.1 Å². The van der Waals surface area contributed by atoms with Gasteiger partial charge in [0.1, 0.15) is 12.8 Å². The summed E-state index contributed by atoms with van der Waals surface area (Å²) < 4.78 is 5.48. The number of carbonyl (C=O) groups is 1. The first-order valence-corrected chi connectivity index (χ1v) is 6.08. The summed E-state index contributed by atoms with van der Waals surface area (Å²) in [6.45, 7) is 1.51. The second kappa shape index (κ2) is 4.51. The first-order chi connectivity index (χ1) is 9.56. The number of anilines is 1. The van der Waals surface area contributed by atoms with Gasteiger partial charge < -0.3 is 19.6 Å². The Labute approximate surface area is 113 Å². The lowest BCUT2D eigenvalue weighted by atomic mass is 10.1. The molecule has 106 valence electrons. The standard InChI is InChI=1S/C11H12N4O5/c16-11(17)13-1-2-14-8(5-13)6-20-9-3-7(15(18)19)4-12-10(9)14/h3-4,8H,1-2,5-6H2,(H,16,17). The fourth-order valence-corrected chi connectivity index (χ4v) is 2.49. The van der Waals surface area contributed by atoms with Gasteiger partial charge in [-0.15, -0.1) is 0 Å². The van der Waals surface area contributed by atoms with Crippen LogP contribution in [-0.4, -0.2) is 58.3 Å². The fourth-order valence-electron chi connectivity index (χ4n) is 2.49. The summed E-state index contributed by atoms with van der Waals surface area (Å²) >= 11 is 0. The molecule has 1 atom stereocenters. The van der Waals surface area contributed by atoms with E-state index in [9.17, 15) is 14.9 Å². The summed E-state index contributed by atoms with van der Waals surface area (Å²) in [7, 11) is 0. The van der Waals surface area contributed by atoms with Crippen LogP contribution in [0.4, 0.5) is 16.3 Å². The van der Waals surface area contributed by atoms with Crippen molar-refractivity contribution in [3.8, 4) is 5.75 Å². The number of nitro groups is 1. The second-order valence-corrected chi connectivity index (χ2v) is 4.66. The molecule has 0 spiro atoms. The van der Waals surface area contributed by atoms with Crippen LogP contribution in [0.2, 0.25) is 0 Å². The van der Waals surface area contributed by atoms with Crippen molar-refractivity contribution < 1.29 is 19.6 Å². The van der Waals surface area contributed by atoms with Gasteiger partial charge in [-0.05, 0) is 0 Å². The van der Waals surface area contributed by atoms with Gasteiger partial charge in [-0.3, -0.25) is 10.1 Å². The van der Waals surface area contributed by atoms with Crippen LogP contribution in [0.5, 0.6) is 5.75 Å². The maximum atomic E-state index is 11.0. The predicted octanol–water partition coefficient (Wildman–Crippen LogP) is 0.551. The van der Waals surface area contributed by atoms with E-state index in [2.05, 4.69) is 4.98 Å². The molecular weight excluding hydrogens is 268 g/mol. The molecule has 0 aliphatic carbocycles. The van der Waals surface area contributed by atoms with Crippen LogP contribution in [-0.2, 0) is 0 Å². The molecule has 0 saturated carbocycles. The molecule has 0 aromatic carbocycles. The fraction of sp³-hybridized carbons (Fsp3) is 0.455. The van der Waals surface area contributed by atoms with Crippen molar-refractivity contribution in [1.29, 1.82) is 0 Å². The predicted molar refractivity (Wildman–Crippen MR) is 67.1 cm³/mol. The molecule has 1 fully saturated rings. The lowest BCUT2D eigenvalue weighted by Crippen LogP contribution is -2.58. The van der Waals surface area contributed by atoms with Crippen molar-refractivity contribution in [2.45, 2.75) is 6.04 Å². The van der Waals surface area contributed by atoms with Crippen molar-refractivity contribution in [1.82, 2.24) is 9.88 Å². The summed E-state index contributed by atoms with van der Waals surface area (Å²) in [6, 6.07) is 1.24. The Kier molecular flexibility index (Phi) is 2.81. The van der Waals surface area contributed by atoms with Gasteiger partial charge in [0.15, 0.2) is 11.6 Å². The average Bonchev–Trinajstić information content (AvgIpc) is 2.45. The summed E-state index contributed by atoms with van der Waals surface area (Å²) in [5, 5.41) is 19.7. The molecule has 1 N–H and O–H groups in total. The highest BCUT2D eigenvalue weighted by atomic mass is 16.6. The summed E-state index contributed by atoms with van der Waals surface area (Å²) in [6.07, 6.45) is 0.237. The maximum absolute atomic E-state index is 11.0. The molecule has 20 heavy (non-hydrogen) atoms. The maximum Gasteiger partial charge on any atom is 0.407 e. The monoisotopic (exact) mass is 280 g/mol. The number of pyridine rings is 1. The normalized spacial score (nSPS) is 20.7. The lowest BCUT2D eigenvalue weighted by Gasteiger charge is -2.43. The second-order valence-electron chi connectivity index (χ2n) is 4.66. The van der Waals surface area contributed by atoms with Crippen LogP contribution in [0.15, 0.2) is 12.3 Å². The largest absolute Gasteiger partial charge is 0.487 e. The minimum atomic E-state index is -0.952. The minimum absolute atomic E-state index is 0.110. The number of ether oxygens (including phenoxy) is 1. The molecular formula is C11H12N4O5. The minimum Gasteiger partial charge on any atom is -0.487 e. The van der Waals surface area contributed by atoms with Crippen molar-refractivity contribution in [2.24, 2.45) is 0 Å². The zero-order chi connectivity index (χ0) is 14.3. The van der Waals surface area contributed by atoms with Gasteiger partial charge in [-0.2, -0.15) is 0 Å². The lowest BCUT2D eigenvalue weighted by molar-refractivity contribution is -0.385. The molecule has 3 heterocycles. The third kappa shape index (κ3) is 1.96. The number of nitrogens with zero attached hydrogens (tertiary/aromatic N) is 4. The van der Waals surface area contributed by atoms with E-state index in [1.165, 1.54) is 17.2 Å². The molecule has 2 aliphatic rings. The molecule has 1 aromatic heterocycles.